The molecular formula is C67H122O6. The molecule has 0 heterocycles. The second-order valence-electron chi connectivity index (χ2n) is 21.7. The molecule has 0 radical (unpaired) electrons. The lowest BCUT2D eigenvalue weighted by molar-refractivity contribution is -0.167. The zero-order valence-electron chi connectivity index (χ0n) is 48.9. The van der Waals surface area contributed by atoms with E-state index in [1.807, 2.05) is 0 Å². The van der Waals surface area contributed by atoms with Crippen molar-refractivity contribution in [3.05, 3.63) is 48.6 Å². The highest BCUT2D eigenvalue weighted by molar-refractivity contribution is 5.71. The summed E-state index contributed by atoms with van der Waals surface area (Å²) in [6.45, 7) is 6.65. The Morgan fingerprint density at radius 2 is 0.493 bits per heavy atom. The molecule has 426 valence electrons. The molecule has 0 aromatic carbocycles. The molecule has 0 amide bonds. The van der Waals surface area contributed by atoms with Crippen molar-refractivity contribution in [2.75, 3.05) is 13.2 Å². The molecule has 0 aromatic rings. The summed E-state index contributed by atoms with van der Waals surface area (Å²) in [7, 11) is 0. The molecule has 0 aliphatic rings. The van der Waals surface area contributed by atoms with E-state index < -0.39 is 6.10 Å². The number of hydrogen-bond donors (Lipinski definition) is 0. The average Bonchev–Trinajstić information content (AvgIpc) is 3.39. The quantitative estimate of drug-likeness (QED) is 0.0261. The maximum absolute atomic E-state index is 12.9. The standard InChI is InChI=1S/C67H122O6/c1-4-7-10-13-16-19-22-25-28-31-33-36-39-42-45-48-51-54-57-60-66(69)72-63-64(62-71-65(68)59-56-53-50-47-44-41-38-35-30-27-24-21-18-15-12-9-6-3)73-67(70)61-58-55-52-49-46-43-40-37-34-32-29-26-23-20-17-14-11-8-5-2/h16,19,25-30,64H,4-15,17-18,20-24,31-63H2,1-3H3/b19-16-,28-25-,29-26-,30-27-. The Kier molecular flexibility index (Phi) is 59.7. The van der Waals surface area contributed by atoms with Gasteiger partial charge in [0.05, 0.1) is 0 Å². The summed E-state index contributed by atoms with van der Waals surface area (Å²) in [5.74, 6) is -0.865. The van der Waals surface area contributed by atoms with Gasteiger partial charge in [-0.1, -0.05) is 268 Å². The minimum Gasteiger partial charge on any atom is -0.462 e. The molecule has 0 saturated heterocycles. The lowest BCUT2D eigenvalue weighted by Gasteiger charge is -2.18. The number of esters is 3. The van der Waals surface area contributed by atoms with Crippen molar-refractivity contribution in [3.8, 4) is 0 Å². The summed E-state index contributed by atoms with van der Waals surface area (Å²) in [6.07, 6.45) is 76.8. The van der Waals surface area contributed by atoms with E-state index in [0.29, 0.717) is 19.3 Å². The Morgan fingerprint density at radius 3 is 0.795 bits per heavy atom. The van der Waals surface area contributed by atoms with E-state index >= 15 is 0 Å². The summed E-state index contributed by atoms with van der Waals surface area (Å²) >= 11 is 0. The largest absolute Gasteiger partial charge is 0.462 e. The van der Waals surface area contributed by atoms with Crippen LogP contribution in [0.25, 0.3) is 0 Å². The summed E-state index contributed by atoms with van der Waals surface area (Å²) in [6, 6.07) is 0. The molecule has 1 unspecified atom stereocenters. The van der Waals surface area contributed by atoms with Crippen LogP contribution in [0.3, 0.4) is 0 Å². The van der Waals surface area contributed by atoms with Gasteiger partial charge < -0.3 is 14.2 Å². The zero-order valence-corrected chi connectivity index (χ0v) is 48.9. The van der Waals surface area contributed by atoms with Gasteiger partial charge in [-0.2, -0.15) is 0 Å². The van der Waals surface area contributed by atoms with Gasteiger partial charge in [-0.3, -0.25) is 14.4 Å². The first-order valence-corrected chi connectivity index (χ1v) is 32.1. The van der Waals surface area contributed by atoms with Crippen molar-refractivity contribution in [2.45, 2.75) is 348 Å². The molecule has 6 nitrogen and oxygen atoms in total. The van der Waals surface area contributed by atoms with E-state index in [4.69, 9.17) is 14.2 Å². The Balaban J connectivity index is 4.36. The Labute approximate surface area is 454 Å². The highest BCUT2D eigenvalue weighted by atomic mass is 16.6. The summed E-state index contributed by atoms with van der Waals surface area (Å²) < 4.78 is 16.9. The summed E-state index contributed by atoms with van der Waals surface area (Å²) in [5.41, 5.74) is 0. The Hall–Kier alpha value is -2.63. The van der Waals surface area contributed by atoms with E-state index in [2.05, 4.69) is 69.4 Å². The van der Waals surface area contributed by atoms with Crippen LogP contribution in [0.1, 0.15) is 342 Å². The Morgan fingerprint density at radius 1 is 0.274 bits per heavy atom. The van der Waals surface area contributed by atoms with Gasteiger partial charge in [-0.05, 0) is 103 Å². The third-order valence-electron chi connectivity index (χ3n) is 14.3. The fourth-order valence-electron chi connectivity index (χ4n) is 9.41. The molecule has 0 saturated carbocycles. The topological polar surface area (TPSA) is 78.9 Å². The van der Waals surface area contributed by atoms with E-state index in [0.717, 1.165) is 64.2 Å². The first-order valence-electron chi connectivity index (χ1n) is 32.1. The van der Waals surface area contributed by atoms with Crippen LogP contribution in [0.15, 0.2) is 48.6 Å². The third kappa shape index (κ3) is 60.1. The van der Waals surface area contributed by atoms with Gasteiger partial charge in [0.15, 0.2) is 6.10 Å². The number of carbonyl (C=O) groups excluding carboxylic acids is 3. The van der Waals surface area contributed by atoms with Gasteiger partial charge in [-0.15, -0.1) is 0 Å². The van der Waals surface area contributed by atoms with Crippen molar-refractivity contribution in [1.82, 2.24) is 0 Å². The molecular weight excluding hydrogens is 901 g/mol. The predicted octanol–water partition coefficient (Wildman–Crippen LogP) is 21.8. The van der Waals surface area contributed by atoms with E-state index in [1.165, 1.54) is 238 Å². The molecule has 1 atom stereocenters. The van der Waals surface area contributed by atoms with Crippen LogP contribution in [-0.2, 0) is 28.6 Å². The van der Waals surface area contributed by atoms with Gasteiger partial charge in [0.2, 0.25) is 0 Å². The molecule has 0 aliphatic heterocycles. The van der Waals surface area contributed by atoms with Crippen molar-refractivity contribution >= 4 is 17.9 Å². The normalized spacial score (nSPS) is 12.3. The minimum absolute atomic E-state index is 0.0751. The number of allylic oxidation sites excluding steroid dienone is 8. The second kappa shape index (κ2) is 61.9. The number of rotatable bonds is 59. The van der Waals surface area contributed by atoms with Crippen molar-refractivity contribution in [3.63, 3.8) is 0 Å². The SMILES string of the molecule is CCCCC/C=C\C/C=C\CCCCCCCCCCCC(=O)OCC(COC(=O)CCCCCCCCC/C=C\CCCCCCCC)OC(=O)CCCCCCCCCCC/C=C\CCCCCCCC. The third-order valence-corrected chi connectivity index (χ3v) is 14.3. The highest BCUT2D eigenvalue weighted by Crippen LogP contribution is 2.17. The molecule has 0 spiro atoms. The van der Waals surface area contributed by atoms with E-state index in [9.17, 15) is 14.4 Å². The maximum Gasteiger partial charge on any atom is 0.306 e. The van der Waals surface area contributed by atoms with Crippen molar-refractivity contribution in [2.24, 2.45) is 0 Å². The van der Waals surface area contributed by atoms with Crippen LogP contribution < -0.4 is 0 Å². The molecule has 0 aromatic heterocycles. The van der Waals surface area contributed by atoms with Gasteiger partial charge in [0.1, 0.15) is 13.2 Å². The van der Waals surface area contributed by atoms with Crippen LogP contribution in [0.4, 0.5) is 0 Å². The molecule has 0 bridgehead atoms. The number of unbranched alkanes of at least 4 members (excludes halogenated alkanes) is 40. The predicted molar refractivity (Wildman–Crippen MR) is 316 cm³/mol. The van der Waals surface area contributed by atoms with Crippen LogP contribution in [0.5, 0.6) is 0 Å². The van der Waals surface area contributed by atoms with Crippen LogP contribution in [0, 0.1) is 0 Å². The summed E-state index contributed by atoms with van der Waals surface area (Å²) in [5, 5.41) is 0. The number of hydrogen-bond acceptors (Lipinski definition) is 6. The van der Waals surface area contributed by atoms with E-state index in [-0.39, 0.29) is 31.1 Å². The lowest BCUT2D eigenvalue weighted by Crippen LogP contribution is -2.30. The van der Waals surface area contributed by atoms with Gasteiger partial charge in [0, 0.05) is 19.3 Å². The van der Waals surface area contributed by atoms with Crippen LogP contribution in [-0.4, -0.2) is 37.2 Å². The molecule has 73 heavy (non-hydrogen) atoms. The van der Waals surface area contributed by atoms with Crippen molar-refractivity contribution < 1.29 is 28.6 Å². The maximum atomic E-state index is 12.9. The fourth-order valence-corrected chi connectivity index (χ4v) is 9.41. The average molecular weight is 1020 g/mol. The van der Waals surface area contributed by atoms with Gasteiger partial charge in [0.25, 0.3) is 0 Å². The second-order valence-corrected chi connectivity index (χ2v) is 21.7. The number of carbonyl (C=O) groups is 3. The summed E-state index contributed by atoms with van der Waals surface area (Å²) in [4.78, 5) is 38.3. The van der Waals surface area contributed by atoms with E-state index in [1.54, 1.807) is 0 Å². The molecule has 6 heteroatoms. The fraction of sp³-hybridized carbons (Fsp3) is 0.836. The zero-order chi connectivity index (χ0) is 52.9. The monoisotopic (exact) mass is 1020 g/mol. The highest BCUT2D eigenvalue weighted by Gasteiger charge is 2.19. The smallest absolute Gasteiger partial charge is 0.306 e. The first-order chi connectivity index (χ1) is 36.0. The number of ether oxygens (including phenoxy) is 3. The van der Waals surface area contributed by atoms with Crippen LogP contribution in [0.2, 0.25) is 0 Å². The Bertz CT molecular complexity index is 1270. The first kappa shape index (κ1) is 70.4. The van der Waals surface area contributed by atoms with Crippen molar-refractivity contribution in [1.29, 1.82) is 0 Å². The lowest BCUT2D eigenvalue weighted by atomic mass is 10.1. The minimum atomic E-state index is -0.778. The molecule has 0 N–H and O–H groups in total. The molecule has 0 fully saturated rings. The molecule has 0 aliphatic carbocycles. The van der Waals surface area contributed by atoms with Crippen LogP contribution >= 0.6 is 0 Å². The van der Waals surface area contributed by atoms with Gasteiger partial charge in [-0.25, -0.2) is 0 Å². The van der Waals surface area contributed by atoms with Gasteiger partial charge >= 0.3 is 17.9 Å². The molecule has 0 rings (SSSR count).